The number of allylic oxidation sites excluding steroid dienone is 1. The molecular formula is C5H8O. The number of carbonyl (C=O) groups excluding carboxylic acids is 1. The van der Waals surface area contributed by atoms with Crippen LogP contribution in [0.2, 0.25) is 0 Å². The van der Waals surface area contributed by atoms with Crippen molar-refractivity contribution in [1.82, 2.24) is 0 Å². The van der Waals surface area contributed by atoms with Crippen LogP contribution in [0.3, 0.4) is 0 Å². The van der Waals surface area contributed by atoms with Crippen molar-refractivity contribution in [3.8, 4) is 0 Å². The Morgan fingerprint density at radius 2 is 3.00 bits per heavy atom. The van der Waals surface area contributed by atoms with Gasteiger partial charge in [-0.15, -0.1) is 0 Å². The number of carbonyl (C=O) groups is 1. The van der Waals surface area contributed by atoms with Gasteiger partial charge in [0.15, 0.2) is 5.78 Å². The van der Waals surface area contributed by atoms with Crippen molar-refractivity contribution in [3.05, 3.63) is 12.6 Å². The molecule has 1 heteroatoms. The molecule has 0 bridgehead atoms. The van der Waals surface area contributed by atoms with Crippen LogP contribution in [-0.2, 0) is 4.79 Å². The van der Waals surface area contributed by atoms with Gasteiger partial charge >= 0.3 is 0 Å². The lowest BCUT2D eigenvalue weighted by atomic mass is 10.3. The fraction of sp³-hybridized carbons (Fsp3) is 0.400. The molecule has 0 spiro atoms. The quantitative estimate of drug-likeness (QED) is 0.460. The molecule has 0 aliphatic rings. The summed E-state index contributed by atoms with van der Waals surface area (Å²) in [6.45, 7) is 2.77. The lowest BCUT2D eigenvalue weighted by Crippen LogP contribution is -1.83. The van der Waals surface area contributed by atoms with Crippen LogP contribution < -0.4 is 0 Å². The lowest BCUT2D eigenvalue weighted by molar-refractivity contribution is -0.114. The molecule has 34 valence electrons. The average molecular weight is 85.1 g/mol. The molecular weight excluding hydrogens is 76.1 g/mol. The number of ketones is 1. The van der Waals surface area contributed by atoms with Crippen LogP contribution in [0.5, 0.6) is 0 Å². The molecule has 0 aromatic rings. The van der Waals surface area contributed by atoms with Crippen molar-refractivity contribution in [3.63, 3.8) is 0 Å². The van der Waals surface area contributed by atoms with Gasteiger partial charge in [0.2, 0.25) is 0 Å². The summed E-state index contributed by atoms with van der Waals surface area (Å²) in [7, 11) is 0. The standard InChI is InChI=1S/C5H8O/c1-3-5(6)4-2/h3H,1,4H2,2H3/i1D/b3-1+. The molecule has 0 rings (SSSR count). The second-order valence-electron chi connectivity index (χ2n) is 0.987. The third kappa shape index (κ3) is 1.70. The van der Waals surface area contributed by atoms with E-state index < -0.39 is 0 Å². The van der Waals surface area contributed by atoms with Gasteiger partial charge in [-0.25, -0.2) is 0 Å². The second kappa shape index (κ2) is 2.64. The smallest absolute Gasteiger partial charge is 0.154 e. The van der Waals surface area contributed by atoms with Gasteiger partial charge in [-0.05, 0) is 6.08 Å². The Bertz CT molecular complexity index is 86.1. The summed E-state index contributed by atoms with van der Waals surface area (Å²) in [5.74, 6) is 0.00926. The molecule has 0 saturated carbocycles. The van der Waals surface area contributed by atoms with Gasteiger partial charge in [0, 0.05) is 6.42 Å². The van der Waals surface area contributed by atoms with Gasteiger partial charge < -0.3 is 0 Å². The molecule has 0 atom stereocenters. The fourth-order valence-electron chi connectivity index (χ4n) is 0.118. The minimum absolute atomic E-state index is 0.00926. The summed E-state index contributed by atoms with van der Waals surface area (Å²) < 4.78 is 6.44. The summed E-state index contributed by atoms with van der Waals surface area (Å²) in [6, 6.07) is 0. The zero-order valence-electron chi connectivity index (χ0n) is 4.77. The lowest BCUT2D eigenvalue weighted by Gasteiger charge is -1.75. The topological polar surface area (TPSA) is 17.1 Å². The van der Waals surface area contributed by atoms with Crippen LogP contribution in [0.15, 0.2) is 12.6 Å². The van der Waals surface area contributed by atoms with Crippen molar-refractivity contribution in [1.29, 1.82) is 0 Å². The van der Waals surface area contributed by atoms with E-state index in [9.17, 15) is 4.79 Å². The van der Waals surface area contributed by atoms with E-state index in [1.165, 1.54) is 6.08 Å². The van der Waals surface area contributed by atoms with Crippen LogP contribution in [0.4, 0.5) is 0 Å². The molecule has 0 unspecified atom stereocenters. The van der Waals surface area contributed by atoms with Crippen molar-refractivity contribution in [2.45, 2.75) is 13.3 Å². The van der Waals surface area contributed by atoms with Crippen LogP contribution in [0, 0.1) is 0 Å². The summed E-state index contributed by atoms with van der Waals surface area (Å²) in [5.41, 5.74) is 0. The van der Waals surface area contributed by atoms with Gasteiger partial charge in [-0.1, -0.05) is 13.5 Å². The van der Waals surface area contributed by atoms with E-state index in [2.05, 4.69) is 0 Å². The maximum Gasteiger partial charge on any atom is 0.154 e. The Morgan fingerprint density at radius 3 is 3.17 bits per heavy atom. The molecule has 0 heterocycles. The zero-order valence-corrected chi connectivity index (χ0v) is 3.77. The molecule has 0 aliphatic carbocycles. The highest BCUT2D eigenvalue weighted by Gasteiger charge is 1.81. The minimum atomic E-state index is 0.00926. The third-order valence-electron chi connectivity index (χ3n) is 0.534. The summed E-state index contributed by atoms with van der Waals surface area (Å²) in [4.78, 5) is 10.2. The van der Waals surface area contributed by atoms with Crippen molar-refractivity contribution < 1.29 is 6.17 Å². The van der Waals surface area contributed by atoms with Crippen molar-refractivity contribution >= 4 is 5.78 Å². The molecule has 6 heavy (non-hydrogen) atoms. The van der Waals surface area contributed by atoms with Gasteiger partial charge in [-0.3, -0.25) is 4.79 Å². The van der Waals surface area contributed by atoms with Crippen LogP contribution in [-0.4, -0.2) is 5.78 Å². The molecule has 0 N–H and O–H groups in total. The van der Waals surface area contributed by atoms with E-state index in [1.807, 2.05) is 0 Å². The highest BCUT2D eigenvalue weighted by molar-refractivity contribution is 5.88. The molecule has 0 saturated heterocycles. The minimum Gasteiger partial charge on any atom is -0.295 e. The Hall–Kier alpha value is -0.590. The van der Waals surface area contributed by atoms with Gasteiger partial charge in [0.05, 0.1) is 1.37 Å². The predicted molar refractivity (Wildman–Crippen MR) is 25.5 cm³/mol. The first-order valence-electron chi connectivity index (χ1n) is 2.46. The second-order valence-corrected chi connectivity index (χ2v) is 0.987. The molecule has 0 amide bonds. The Kier molecular flexibility index (Phi) is 1.58. The van der Waals surface area contributed by atoms with Crippen molar-refractivity contribution in [2.75, 3.05) is 0 Å². The van der Waals surface area contributed by atoms with E-state index in [0.717, 1.165) is 6.55 Å². The first-order chi connectivity index (χ1) is 3.31. The fourth-order valence-corrected chi connectivity index (χ4v) is 0.118. The number of rotatable bonds is 2. The normalized spacial score (nSPS) is 11.8. The number of hydrogen-bond donors (Lipinski definition) is 0. The summed E-state index contributed by atoms with van der Waals surface area (Å²) in [6.07, 6.45) is 1.75. The van der Waals surface area contributed by atoms with E-state index in [0.29, 0.717) is 6.42 Å². The Morgan fingerprint density at radius 1 is 2.33 bits per heavy atom. The molecule has 0 aliphatic heterocycles. The first-order valence-corrected chi connectivity index (χ1v) is 1.89. The number of hydrogen-bond acceptors (Lipinski definition) is 1. The zero-order chi connectivity index (χ0) is 5.70. The largest absolute Gasteiger partial charge is 0.295 e. The Labute approximate surface area is 39.1 Å². The summed E-state index contributed by atoms with van der Waals surface area (Å²) in [5, 5.41) is 0. The predicted octanol–water partition coefficient (Wildman–Crippen LogP) is 1.15. The molecule has 1 nitrogen and oxygen atoms in total. The molecule has 0 aromatic heterocycles. The maximum absolute atomic E-state index is 10.2. The average Bonchev–Trinajstić information content (AvgIpc) is 1.68. The summed E-state index contributed by atoms with van der Waals surface area (Å²) >= 11 is 0. The molecule has 0 fully saturated rings. The van der Waals surface area contributed by atoms with E-state index >= 15 is 0 Å². The monoisotopic (exact) mass is 85.1 g/mol. The highest BCUT2D eigenvalue weighted by Crippen LogP contribution is 1.76. The third-order valence-corrected chi connectivity index (χ3v) is 0.534. The van der Waals surface area contributed by atoms with E-state index in [4.69, 9.17) is 1.37 Å². The molecule has 0 aromatic carbocycles. The van der Waals surface area contributed by atoms with Gasteiger partial charge in [0.25, 0.3) is 0 Å². The van der Waals surface area contributed by atoms with Crippen molar-refractivity contribution in [2.24, 2.45) is 0 Å². The van der Waals surface area contributed by atoms with Crippen LogP contribution in [0.1, 0.15) is 14.7 Å². The first kappa shape index (κ1) is 3.59. The van der Waals surface area contributed by atoms with Crippen LogP contribution in [0.25, 0.3) is 0 Å². The maximum atomic E-state index is 10.2. The van der Waals surface area contributed by atoms with Crippen LogP contribution >= 0.6 is 0 Å². The van der Waals surface area contributed by atoms with Gasteiger partial charge in [-0.2, -0.15) is 0 Å². The van der Waals surface area contributed by atoms with E-state index in [1.54, 1.807) is 6.92 Å². The SMILES string of the molecule is [2H]/C=C/C(=O)CC. The highest BCUT2D eigenvalue weighted by atomic mass is 16.1. The molecule has 0 radical (unpaired) electrons. The van der Waals surface area contributed by atoms with Gasteiger partial charge in [0.1, 0.15) is 0 Å². The van der Waals surface area contributed by atoms with E-state index in [-0.39, 0.29) is 5.78 Å². The Balaban J connectivity index is 3.37.